The van der Waals surface area contributed by atoms with Crippen molar-refractivity contribution >= 4 is 41.6 Å². The Labute approximate surface area is 235 Å². The molecule has 1 aromatic heterocycles. The van der Waals surface area contributed by atoms with Crippen LogP contribution in [0.5, 0.6) is 0 Å². The van der Waals surface area contributed by atoms with Crippen LogP contribution in [0.15, 0.2) is 151 Å². The second-order valence-electron chi connectivity index (χ2n) is 9.24. The number of thioether (sulfide) groups is 1. The van der Waals surface area contributed by atoms with Crippen LogP contribution in [0.2, 0.25) is 0 Å². The molecule has 0 amide bonds. The normalized spacial score (nSPS) is 13.0. The van der Waals surface area contributed by atoms with E-state index >= 15 is 0 Å². The Hall–Kier alpha value is -3.68. The minimum atomic E-state index is 0.232. The molecule has 182 valence electrons. The van der Waals surface area contributed by atoms with E-state index in [0.29, 0.717) is 0 Å². The summed E-state index contributed by atoms with van der Waals surface area (Å²) in [6.45, 7) is 2.27. The molecule has 1 aliphatic heterocycles. The van der Waals surface area contributed by atoms with Crippen LogP contribution in [0.4, 0.5) is 0 Å². The van der Waals surface area contributed by atoms with Gasteiger partial charge in [0.25, 0.3) is 0 Å². The van der Waals surface area contributed by atoms with Gasteiger partial charge < -0.3 is 0 Å². The Kier molecular flexibility index (Phi) is 7.38. The van der Waals surface area contributed by atoms with Crippen molar-refractivity contribution in [3.63, 3.8) is 0 Å². The van der Waals surface area contributed by atoms with Gasteiger partial charge in [0.2, 0.25) is 0 Å². The monoisotopic (exact) mass is 571 g/mol. The first kappa shape index (κ1) is 24.6. The van der Waals surface area contributed by atoms with Crippen molar-refractivity contribution in [1.82, 2.24) is 0 Å². The van der Waals surface area contributed by atoms with Crippen molar-refractivity contribution in [2.45, 2.75) is 6.92 Å². The Morgan fingerprint density at radius 2 is 0.868 bits per heavy atom. The van der Waals surface area contributed by atoms with Crippen LogP contribution in [-0.2, 0) is 0 Å². The van der Waals surface area contributed by atoms with Gasteiger partial charge in [0, 0.05) is 0 Å². The van der Waals surface area contributed by atoms with E-state index in [2.05, 4.69) is 153 Å². The molecule has 0 saturated heterocycles. The fourth-order valence-electron chi connectivity index (χ4n) is 4.58. The van der Waals surface area contributed by atoms with E-state index in [4.69, 9.17) is 0 Å². The molecule has 2 heterocycles. The predicted octanol–water partition coefficient (Wildman–Crippen LogP) is 9.96. The van der Waals surface area contributed by atoms with Crippen LogP contribution < -0.4 is 0 Å². The van der Waals surface area contributed by atoms with Crippen molar-refractivity contribution in [3.05, 3.63) is 168 Å². The van der Waals surface area contributed by atoms with Crippen LogP contribution in [0.25, 0.3) is 35.4 Å². The Morgan fingerprint density at radius 1 is 0.500 bits per heavy atom. The second kappa shape index (κ2) is 11.4. The summed E-state index contributed by atoms with van der Waals surface area (Å²) in [5.74, 6) is 0. The third-order valence-corrected chi connectivity index (χ3v) is 10.2. The third-order valence-electron chi connectivity index (χ3n) is 6.69. The van der Waals surface area contributed by atoms with Crippen molar-refractivity contribution < 1.29 is 0 Å². The van der Waals surface area contributed by atoms with Crippen LogP contribution >= 0.6 is 11.8 Å². The molecule has 4 aromatic carbocycles. The van der Waals surface area contributed by atoms with E-state index in [9.17, 15) is 0 Å². The van der Waals surface area contributed by atoms with Gasteiger partial charge in [-0.2, -0.15) is 0 Å². The standard InChI is InChI=1S/C36H27SSe/c1-26(31-22-33(27-14-6-2-7-15-27)37-34(23-31)28-16-8-3-9-17-28)32-24-35(29-18-10-4-11-19-29)38-36(25-32)30-20-12-5-13-21-30/h2-25H,1H3/q+1. The van der Waals surface area contributed by atoms with E-state index in [1.165, 1.54) is 57.6 Å². The number of hydrogen-bond acceptors (Lipinski definition) is 1. The summed E-state index contributed by atoms with van der Waals surface area (Å²) in [4.78, 5) is 2.56. The zero-order chi connectivity index (χ0) is 25.7. The van der Waals surface area contributed by atoms with Crippen molar-refractivity contribution in [2.24, 2.45) is 0 Å². The molecule has 0 spiro atoms. The van der Waals surface area contributed by atoms with Gasteiger partial charge in [0.05, 0.1) is 0 Å². The molecule has 0 N–H and O–H groups in total. The molecule has 38 heavy (non-hydrogen) atoms. The summed E-state index contributed by atoms with van der Waals surface area (Å²) in [7, 11) is 0. The van der Waals surface area contributed by atoms with Crippen LogP contribution in [0, 0.1) is 0 Å². The van der Waals surface area contributed by atoms with Crippen molar-refractivity contribution in [1.29, 1.82) is 0 Å². The summed E-state index contributed by atoms with van der Waals surface area (Å²) in [6, 6.07) is 48.0. The van der Waals surface area contributed by atoms with E-state index in [1.54, 1.807) is 0 Å². The third kappa shape index (κ3) is 5.44. The van der Waals surface area contributed by atoms with Gasteiger partial charge in [0.1, 0.15) is 0 Å². The summed E-state index contributed by atoms with van der Waals surface area (Å²) in [5.41, 5.74) is 8.96. The van der Waals surface area contributed by atoms with E-state index < -0.39 is 0 Å². The molecule has 1 aliphatic rings. The van der Waals surface area contributed by atoms with E-state index in [0.717, 1.165) is 0 Å². The molecule has 5 aromatic rings. The van der Waals surface area contributed by atoms with Crippen LogP contribution in [0.1, 0.15) is 23.6 Å². The Morgan fingerprint density at radius 3 is 1.26 bits per heavy atom. The van der Waals surface area contributed by atoms with Gasteiger partial charge in [-0.3, -0.25) is 0 Å². The first-order valence-electron chi connectivity index (χ1n) is 12.8. The van der Waals surface area contributed by atoms with Crippen molar-refractivity contribution in [3.8, 4) is 20.0 Å². The van der Waals surface area contributed by atoms with Gasteiger partial charge >= 0.3 is 236 Å². The maximum absolute atomic E-state index is 2.41. The summed E-state index contributed by atoms with van der Waals surface area (Å²) < 4.78 is 2.83. The summed E-state index contributed by atoms with van der Waals surface area (Å²) >= 11 is 2.08. The number of hydrogen-bond donors (Lipinski definition) is 0. The fraction of sp³-hybridized carbons (Fsp3) is 0.0278. The van der Waals surface area contributed by atoms with Gasteiger partial charge in [-0.15, -0.1) is 0 Å². The number of benzene rings is 4. The molecule has 0 unspecified atom stereocenters. The molecule has 0 bridgehead atoms. The number of allylic oxidation sites excluding steroid dienone is 4. The average molecular weight is 571 g/mol. The van der Waals surface area contributed by atoms with Gasteiger partial charge in [0.15, 0.2) is 0 Å². The molecule has 0 fully saturated rings. The molecule has 0 aliphatic carbocycles. The molecule has 0 saturated carbocycles. The molecular formula is C36H27SSe+. The van der Waals surface area contributed by atoms with Crippen LogP contribution in [0.3, 0.4) is 0 Å². The molecule has 0 radical (unpaired) electrons. The van der Waals surface area contributed by atoms with Gasteiger partial charge in [-0.1, -0.05) is 0 Å². The molecule has 2 heteroatoms. The zero-order valence-corrected chi connectivity index (χ0v) is 23.7. The first-order valence-corrected chi connectivity index (χ1v) is 15.3. The quantitative estimate of drug-likeness (QED) is 0.190. The minimum absolute atomic E-state index is 0.232. The molecule has 0 nitrogen and oxygen atoms in total. The number of rotatable bonds is 5. The van der Waals surface area contributed by atoms with E-state index in [1.807, 2.05) is 11.8 Å². The average Bonchev–Trinajstić information content (AvgIpc) is 3.02. The van der Waals surface area contributed by atoms with E-state index in [-0.39, 0.29) is 14.5 Å². The molecule has 0 atom stereocenters. The zero-order valence-electron chi connectivity index (χ0n) is 21.2. The fourth-order valence-corrected chi connectivity index (χ4v) is 8.04. The Bertz CT molecular complexity index is 1530. The molecule has 6 rings (SSSR count). The first-order chi connectivity index (χ1) is 18.7. The summed E-state index contributed by atoms with van der Waals surface area (Å²) in [5, 5.41) is 0. The maximum atomic E-state index is 2.41. The topological polar surface area (TPSA) is 0 Å². The van der Waals surface area contributed by atoms with Crippen LogP contribution in [-0.4, -0.2) is 14.5 Å². The predicted molar refractivity (Wildman–Crippen MR) is 168 cm³/mol. The second-order valence-corrected chi connectivity index (χ2v) is 12.6. The molecular weight excluding hydrogens is 543 g/mol. The van der Waals surface area contributed by atoms with Crippen molar-refractivity contribution in [2.75, 3.05) is 0 Å². The Balaban J connectivity index is 1.54. The van der Waals surface area contributed by atoms with Gasteiger partial charge in [-0.25, -0.2) is 0 Å². The SMILES string of the molecule is CC(=C1C=C(c2ccccc2)SC(c2ccccc2)=C1)c1cc(-c2ccccc2)[se+]c(-c2ccccc2)c1. The summed E-state index contributed by atoms with van der Waals surface area (Å²) in [6.07, 6.45) is 4.72. The van der Waals surface area contributed by atoms with Gasteiger partial charge in [-0.05, 0) is 0 Å².